The fourth-order valence-corrected chi connectivity index (χ4v) is 3.09. The molecule has 0 N–H and O–H groups in total. The summed E-state index contributed by atoms with van der Waals surface area (Å²) in [5, 5.41) is 0. The molecular weight excluding hydrogens is 398 g/mol. The highest BCUT2D eigenvalue weighted by Gasteiger charge is 2.09. The van der Waals surface area contributed by atoms with Gasteiger partial charge in [0, 0.05) is 25.8 Å². The second-order valence-corrected chi connectivity index (χ2v) is 7.07. The summed E-state index contributed by atoms with van der Waals surface area (Å²) in [6.07, 6.45) is 1.79. The molecule has 8 nitrogen and oxygen atoms in total. The highest BCUT2D eigenvalue weighted by Crippen LogP contribution is 2.14. The van der Waals surface area contributed by atoms with Crippen LogP contribution in [0.1, 0.15) is 5.69 Å². The van der Waals surface area contributed by atoms with Gasteiger partial charge in [0.1, 0.15) is 0 Å². The summed E-state index contributed by atoms with van der Waals surface area (Å²) >= 11 is 0. The summed E-state index contributed by atoms with van der Waals surface area (Å²) in [6, 6.07) is 11.9. The molecule has 0 radical (unpaired) electrons. The van der Waals surface area contributed by atoms with Crippen LogP contribution in [-0.2, 0) is 30.2 Å². The van der Waals surface area contributed by atoms with Crippen LogP contribution in [0.4, 0.5) is 0 Å². The van der Waals surface area contributed by atoms with Crippen molar-refractivity contribution >= 4 is 0 Å². The second kappa shape index (κ2) is 15.0. The van der Waals surface area contributed by atoms with Gasteiger partial charge in [0.2, 0.25) is 0 Å². The van der Waals surface area contributed by atoms with E-state index in [0.29, 0.717) is 66.1 Å². The minimum Gasteiger partial charge on any atom is -0.378 e. The summed E-state index contributed by atoms with van der Waals surface area (Å²) in [5.74, 6) is 0. The number of ether oxygens (including phenoxy) is 5. The van der Waals surface area contributed by atoms with E-state index >= 15 is 0 Å². The summed E-state index contributed by atoms with van der Waals surface area (Å²) < 4.78 is 28.0. The van der Waals surface area contributed by atoms with Crippen molar-refractivity contribution in [3.8, 4) is 11.4 Å². The molecule has 170 valence electrons. The first-order valence-corrected chi connectivity index (χ1v) is 10.9. The molecule has 1 aliphatic rings. The van der Waals surface area contributed by atoms with Crippen LogP contribution in [-0.4, -0.2) is 94.0 Å². The van der Waals surface area contributed by atoms with Gasteiger partial charge >= 0.3 is 0 Å². The highest BCUT2D eigenvalue weighted by atomic mass is 16.6. The highest BCUT2D eigenvalue weighted by molar-refractivity contribution is 5.53. The molecule has 1 aliphatic heterocycles. The summed E-state index contributed by atoms with van der Waals surface area (Å²) in [4.78, 5) is 11.5. The largest absolute Gasteiger partial charge is 0.378 e. The predicted molar refractivity (Wildman–Crippen MR) is 117 cm³/mol. The predicted octanol–water partition coefficient (Wildman–Crippen LogP) is 2.04. The van der Waals surface area contributed by atoms with Gasteiger partial charge < -0.3 is 23.7 Å². The topological polar surface area (TPSA) is 75.2 Å². The van der Waals surface area contributed by atoms with E-state index in [9.17, 15) is 0 Å². The van der Waals surface area contributed by atoms with Gasteiger partial charge in [-0.2, -0.15) is 0 Å². The molecule has 8 heteroatoms. The first kappa shape index (κ1) is 23.7. The maximum atomic E-state index is 5.74. The maximum Gasteiger partial charge on any atom is 0.0890 e. The van der Waals surface area contributed by atoms with Gasteiger partial charge in [-0.3, -0.25) is 9.88 Å². The standard InChI is InChI=1S/C23H33N3O5/c1-2-7-24-22(5-1)23-6-3-4-21(25-23)20-26-8-10-27-12-14-29-16-18-31-19-17-30-15-13-28-11-9-26/h1-7H,8-20H2. The van der Waals surface area contributed by atoms with E-state index in [1.165, 1.54) is 0 Å². The van der Waals surface area contributed by atoms with Gasteiger partial charge in [0.15, 0.2) is 0 Å². The Morgan fingerprint density at radius 1 is 0.613 bits per heavy atom. The van der Waals surface area contributed by atoms with Gasteiger partial charge in [-0.15, -0.1) is 0 Å². The van der Waals surface area contributed by atoms with Crippen molar-refractivity contribution in [1.82, 2.24) is 14.9 Å². The molecule has 3 rings (SSSR count). The van der Waals surface area contributed by atoms with Crippen LogP contribution in [0.25, 0.3) is 11.4 Å². The number of rotatable bonds is 3. The smallest absolute Gasteiger partial charge is 0.0890 e. The average molecular weight is 432 g/mol. The molecule has 2 aromatic heterocycles. The maximum absolute atomic E-state index is 5.74. The van der Waals surface area contributed by atoms with Crippen molar-refractivity contribution < 1.29 is 23.7 Å². The minimum absolute atomic E-state index is 0.566. The van der Waals surface area contributed by atoms with Crippen molar-refractivity contribution in [2.45, 2.75) is 6.54 Å². The van der Waals surface area contributed by atoms with Crippen LogP contribution in [0, 0.1) is 0 Å². The Morgan fingerprint density at radius 2 is 1.16 bits per heavy atom. The first-order valence-electron chi connectivity index (χ1n) is 10.9. The number of hydrogen-bond acceptors (Lipinski definition) is 8. The van der Waals surface area contributed by atoms with Gasteiger partial charge in [-0.05, 0) is 24.3 Å². The second-order valence-electron chi connectivity index (χ2n) is 7.07. The molecule has 0 amide bonds. The zero-order chi connectivity index (χ0) is 21.4. The van der Waals surface area contributed by atoms with Crippen LogP contribution in [0.3, 0.4) is 0 Å². The molecule has 0 atom stereocenters. The van der Waals surface area contributed by atoms with Gasteiger partial charge in [0.05, 0.1) is 83.2 Å². The molecule has 0 spiro atoms. The van der Waals surface area contributed by atoms with Crippen LogP contribution in [0.2, 0.25) is 0 Å². The Kier molecular flexibility index (Phi) is 11.4. The van der Waals surface area contributed by atoms with Crippen molar-refractivity contribution in [2.24, 2.45) is 0 Å². The third-order valence-electron chi connectivity index (χ3n) is 4.71. The lowest BCUT2D eigenvalue weighted by molar-refractivity contribution is -0.0190. The van der Waals surface area contributed by atoms with E-state index < -0.39 is 0 Å². The third kappa shape index (κ3) is 9.82. The molecule has 0 bridgehead atoms. The van der Waals surface area contributed by atoms with E-state index in [2.05, 4.69) is 9.88 Å². The van der Waals surface area contributed by atoms with Gasteiger partial charge in [-0.1, -0.05) is 12.1 Å². The number of aromatic nitrogens is 2. The van der Waals surface area contributed by atoms with E-state index in [0.717, 1.165) is 36.7 Å². The zero-order valence-corrected chi connectivity index (χ0v) is 18.1. The zero-order valence-electron chi connectivity index (χ0n) is 18.1. The van der Waals surface area contributed by atoms with E-state index in [-0.39, 0.29) is 0 Å². The summed E-state index contributed by atoms with van der Waals surface area (Å²) in [5.41, 5.74) is 2.75. The molecule has 2 aromatic rings. The lowest BCUT2D eigenvalue weighted by atomic mass is 10.2. The van der Waals surface area contributed by atoms with Crippen molar-refractivity contribution in [2.75, 3.05) is 79.2 Å². The Hall–Kier alpha value is -1.94. The summed E-state index contributed by atoms with van der Waals surface area (Å²) in [6.45, 7) is 8.10. The molecule has 0 saturated carbocycles. The van der Waals surface area contributed by atoms with Gasteiger partial charge in [0.25, 0.3) is 0 Å². The molecule has 0 aromatic carbocycles. The number of pyridine rings is 2. The number of hydrogen-bond donors (Lipinski definition) is 0. The fourth-order valence-electron chi connectivity index (χ4n) is 3.09. The fraction of sp³-hybridized carbons (Fsp3) is 0.565. The normalized spacial score (nSPS) is 19.4. The van der Waals surface area contributed by atoms with Crippen molar-refractivity contribution in [3.63, 3.8) is 0 Å². The average Bonchev–Trinajstić information content (AvgIpc) is 2.81. The van der Waals surface area contributed by atoms with E-state index in [4.69, 9.17) is 28.7 Å². The van der Waals surface area contributed by atoms with Crippen molar-refractivity contribution in [1.29, 1.82) is 0 Å². The Balaban J connectivity index is 1.53. The Morgan fingerprint density at radius 3 is 1.71 bits per heavy atom. The van der Waals surface area contributed by atoms with E-state index in [1.807, 2.05) is 36.4 Å². The molecule has 1 fully saturated rings. The molecule has 1 saturated heterocycles. The molecular formula is C23H33N3O5. The first-order chi connectivity index (χ1) is 15.4. The van der Waals surface area contributed by atoms with Crippen LogP contribution >= 0.6 is 0 Å². The lowest BCUT2D eigenvalue weighted by Gasteiger charge is -2.22. The minimum atomic E-state index is 0.566. The van der Waals surface area contributed by atoms with E-state index in [1.54, 1.807) is 6.20 Å². The Bertz CT molecular complexity index is 701. The van der Waals surface area contributed by atoms with Crippen LogP contribution in [0.15, 0.2) is 42.6 Å². The monoisotopic (exact) mass is 431 g/mol. The summed E-state index contributed by atoms with van der Waals surface area (Å²) in [7, 11) is 0. The SMILES string of the molecule is c1ccc(-c2cccc(CN3CCOCCOCCOCCOCCOCC3)n2)nc1. The molecule has 31 heavy (non-hydrogen) atoms. The van der Waals surface area contributed by atoms with Crippen LogP contribution in [0.5, 0.6) is 0 Å². The molecule has 0 unspecified atom stereocenters. The third-order valence-corrected chi connectivity index (χ3v) is 4.71. The van der Waals surface area contributed by atoms with Gasteiger partial charge in [-0.25, -0.2) is 4.98 Å². The molecule has 3 heterocycles. The molecule has 0 aliphatic carbocycles. The lowest BCUT2D eigenvalue weighted by Crippen LogP contribution is -2.31. The quantitative estimate of drug-likeness (QED) is 0.731. The van der Waals surface area contributed by atoms with Crippen molar-refractivity contribution in [3.05, 3.63) is 48.3 Å². The number of nitrogens with zero attached hydrogens (tertiary/aromatic N) is 3. The Labute approximate surface area is 184 Å². The van der Waals surface area contributed by atoms with Crippen LogP contribution < -0.4 is 0 Å².